The molecule has 2 aliphatic heterocycles. The summed E-state index contributed by atoms with van der Waals surface area (Å²) in [6.07, 6.45) is 8.14. The molecule has 2 heteroatoms. The molecule has 1 unspecified atom stereocenters. The molecular formula is C15H25NO. The predicted molar refractivity (Wildman–Crippen MR) is 67.6 cm³/mol. The number of aliphatic hydroxyl groups excluding tert-OH is 1. The SMILES string of the molecule is CC1CN2C[C@@H](O)[C@@]34CCCC[C@@H]3[C@H]2[C@H]1CC4. The zero-order chi connectivity index (χ0) is 11.6. The molecule has 0 radical (unpaired) electrons. The Morgan fingerprint density at radius 2 is 2.00 bits per heavy atom. The van der Waals surface area contributed by atoms with Crippen LogP contribution >= 0.6 is 0 Å². The van der Waals surface area contributed by atoms with Gasteiger partial charge >= 0.3 is 0 Å². The first kappa shape index (κ1) is 10.8. The molecule has 4 aliphatic rings. The summed E-state index contributed by atoms with van der Waals surface area (Å²) in [4.78, 5) is 2.65. The van der Waals surface area contributed by atoms with Crippen molar-refractivity contribution in [3.63, 3.8) is 0 Å². The van der Waals surface area contributed by atoms with Crippen molar-refractivity contribution in [1.29, 1.82) is 0 Å². The van der Waals surface area contributed by atoms with Gasteiger partial charge in [0.1, 0.15) is 0 Å². The van der Waals surface area contributed by atoms with Gasteiger partial charge in [0, 0.05) is 24.5 Å². The molecule has 1 N–H and O–H groups in total. The Labute approximate surface area is 104 Å². The van der Waals surface area contributed by atoms with Gasteiger partial charge in [-0.3, -0.25) is 4.90 Å². The second kappa shape index (κ2) is 3.48. The van der Waals surface area contributed by atoms with E-state index in [1.165, 1.54) is 45.1 Å². The molecule has 4 rings (SSSR count). The highest BCUT2D eigenvalue weighted by atomic mass is 16.3. The zero-order valence-corrected chi connectivity index (χ0v) is 10.9. The van der Waals surface area contributed by atoms with Gasteiger partial charge in [0.05, 0.1) is 6.10 Å². The van der Waals surface area contributed by atoms with Crippen molar-refractivity contribution < 1.29 is 5.11 Å². The van der Waals surface area contributed by atoms with E-state index in [0.717, 1.165) is 30.3 Å². The number of rotatable bonds is 0. The van der Waals surface area contributed by atoms with E-state index in [1.807, 2.05) is 0 Å². The van der Waals surface area contributed by atoms with E-state index in [1.54, 1.807) is 0 Å². The lowest BCUT2D eigenvalue weighted by atomic mass is 9.51. The Morgan fingerprint density at radius 3 is 2.88 bits per heavy atom. The largest absolute Gasteiger partial charge is 0.391 e. The maximum atomic E-state index is 10.7. The fourth-order valence-electron chi connectivity index (χ4n) is 5.97. The summed E-state index contributed by atoms with van der Waals surface area (Å²) >= 11 is 0. The molecule has 0 amide bonds. The maximum Gasteiger partial charge on any atom is 0.0726 e. The first-order chi connectivity index (χ1) is 8.22. The molecule has 2 heterocycles. The summed E-state index contributed by atoms with van der Waals surface area (Å²) in [5.74, 6) is 2.63. The van der Waals surface area contributed by atoms with Crippen molar-refractivity contribution in [1.82, 2.24) is 4.90 Å². The van der Waals surface area contributed by atoms with Gasteiger partial charge in [-0.15, -0.1) is 0 Å². The van der Waals surface area contributed by atoms with Crippen LogP contribution in [0.5, 0.6) is 0 Å². The molecule has 2 saturated heterocycles. The van der Waals surface area contributed by atoms with E-state index >= 15 is 0 Å². The normalized spacial score (nSPS) is 57.9. The summed E-state index contributed by atoms with van der Waals surface area (Å²) in [6, 6.07) is 0.836. The van der Waals surface area contributed by atoms with Gasteiger partial charge in [-0.1, -0.05) is 19.8 Å². The maximum absolute atomic E-state index is 10.7. The van der Waals surface area contributed by atoms with Gasteiger partial charge in [-0.2, -0.15) is 0 Å². The number of hydrogen-bond acceptors (Lipinski definition) is 2. The van der Waals surface area contributed by atoms with Crippen LogP contribution in [0.2, 0.25) is 0 Å². The second-order valence-corrected chi connectivity index (χ2v) is 7.23. The molecule has 0 aromatic heterocycles. The molecule has 2 aliphatic carbocycles. The fraction of sp³-hybridized carbons (Fsp3) is 1.00. The molecule has 17 heavy (non-hydrogen) atoms. The third-order valence-electron chi connectivity index (χ3n) is 6.69. The molecule has 6 atom stereocenters. The van der Waals surface area contributed by atoms with Crippen molar-refractivity contribution in [2.24, 2.45) is 23.2 Å². The van der Waals surface area contributed by atoms with Crippen molar-refractivity contribution in [3.8, 4) is 0 Å². The van der Waals surface area contributed by atoms with E-state index in [0.29, 0.717) is 5.41 Å². The summed E-state index contributed by atoms with van der Waals surface area (Å²) in [5.41, 5.74) is 0.333. The lowest BCUT2D eigenvalue weighted by Crippen LogP contribution is -2.64. The Bertz CT molecular complexity index is 331. The molecule has 2 saturated carbocycles. The topological polar surface area (TPSA) is 23.5 Å². The number of piperidine rings is 1. The Hall–Kier alpha value is -0.0800. The van der Waals surface area contributed by atoms with Gasteiger partial charge in [0.15, 0.2) is 0 Å². The highest BCUT2D eigenvalue weighted by Crippen LogP contribution is 2.60. The van der Waals surface area contributed by atoms with Crippen LogP contribution < -0.4 is 0 Å². The first-order valence-electron chi connectivity index (χ1n) is 7.64. The second-order valence-electron chi connectivity index (χ2n) is 7.23. The molecule has 2 nitrogen and oxygen atoms in total. The van der Waals surface area contributed by atoms with Crippen molar-refractivity contribution in [2.45, 2.75) is 57.6 Å². The lowest BCUT2D eigenvalue weighted by molar-refractivity contribution is -0.157. The average molecular weight is 235 g/mol. The van der Waals surface area contributed by atoms with E-state index < -0.39 is 0 Å². The van der Waals surface area contributed by atoms with Crippen LogP contribution in [-0.4, -0.2) is 35.2 Å². The van der Waals surface area contributed by atoms with Gasteiger partial charge in [0.25, 0.3) is 0 Å². The molecule has 0 aromatic carbocycles. The van der Waals surface area contributed by atoms with Crippen molar-refractivity contribution in [2.75, 3.05) is 13.1 Å². The molecule has 0 aromatic rings. The molecule has 96 valence electrons. The quantitative estimate of drug-likeness (QED) is 0.696. The summed E-state index contributed by atoms with van der Waals surface area (Å²) in [7, 11) is 0. The number of nitrogens with zero attached hydrogens (tertiary/aromatic N) is 1. The molecule has 4 fully saturated rings. The number of hydrogen-bond donors (Lipinski definition) is 1. The molecule has 2 bridgehead atoms. The first-order valence-corrected chi connectivity index (χ1v) is 7.64. The smallest absolute Gasteiger partial charge is 0.0726 e. The minimum Gasteiger partial charge on any atom is -0.391 e. The standard InChI is InChI=1S/C15H25NO/c1-10-8-16-9-13(17)15-6-3-2-4-12(15)14(16)11(10)5-7-15/h10-14,17H,2-9H2,1H3/t10?,11-,12+,13+,14+,15+/m0/s1. The van der Waals surface area contributed by atoms with Crippen LogP contribution in [0.25, 0.3) is 0 Å². The van der Waals surface area contributed by atoms with Gasteiger partial charge < -0.3 is 5.11 Å². The highest BCUT2D eigenvalue weighted by molar-refractivity contribution is 5.13. The Morgan fingerprint density at radius 1 is 1.12 bits per heavy atom. The minimum absolute atomic E-state index is 0.0321. The number of aliphatic hydroxyl groups is 1. The van der Waals surface area contributed by atoms with Crippen LogP contribution in [0.3, 0.4) is 0 Å². The van der Waals surface area contributed by atoms with Gasteiger partial charge in [0.2, 0.25) is 0 Å². The van der Waals surface area contributed by atoms with Crippen LogP contribution in [-0.2, 0) is 0 Å². The van der Waals surface area contributed by atoms with Gasteiger partial charge in [-0.25, -0.2) is 0 Å². The predicted octanol–water partition coefficient (Wildman–Crippen LogP) is 2.27. The lowest BCUT2D eigenvalue weighted by Gasteiger charge is -2.60. The van der Waals surface area contributed by atoms with E-state index in [2.05, 4.69) is 11.8 Å². The average Bonchev–Trinajstić information content (AvgIpc) is 2.67. The van der Waals surface area contributed by atoms with Crippen LogP contribution in [0.15, 0.2) is 0 Å². The third-order valence-corrected chi connectivity index (χ3v) is 6.69. The van der Waals surface area contributed by atoms with Crippen molar-refractivity contribution in [3.05, 3.63) is 0 Å². The zero-order valence-electron chi connectivity index (χ0n) is 10.9. The highest BCUT2D eigenvalue weighted by Gasteiger charge is 2.61. The molecular weight excluding hydrogens is 210 g/mol. The minimum atomic E-state index is -0.0321. The van der Waals surface area contributed by atoms with E-state index in [9.17, 15) is 5.11 Å². The van der Waals surface area contributed by atoms with Gasteiger partial charge in [-0.05, 0) is 43.4 Å². The summed E-state index contributed by atoms with van der Waals surface area (Å²) < 4.78 is 0. The van der Waals surface area contributed by atoms with E-state index in [4.69, 9.17) is 0 Å². The Kier molecular flexibility index (Phi) is 2.21. The van der Waals surface area contributed by atoms with E-state index in [-0.39, 0.29) is 6.10 Å². The molecule has 0 spiro atoms. The van der Waals surface area contributed by atoms with Crippen LogP contribution in [0.4, 0.5) is 0 Å². The third kappa shape index (κ3) is 1.24. The monoisotopic (exact) mass is 235 g/mol. The summed E-state index contributed by atoms with van der Waals surface area (Å²) in [6.45, 7) is 4.66. The van der Waals surface area contributed by atoms with Crippen LogP contribution in [0.1, 0.15) is 45.4 Å². The summed E-state index contributed by atoms with van der Waals surface area (Å²) in [5, 5.41) is 10.7. The fourth-order valence-corrected chi connectivity index (χ4v) is 5.97. The Balaban J connectivity index is 1.76. The van der Waals surface area contributed by atoms with Crippen molar-refractivity contribution >= 4 is 0 Å². The van der Waals surface area contributed by atoms with Crippen LogP contribution in [0, 0.1) is 23.2 Å².